The summed E-state index contributed by atoms with van der Waals surface area (Å²) in [6, 6.07) is 0. The van der Waals surface area contributed by atoms with Crippen LogP contribution in [0.25, 0.3) is 0 Å². The van der Waals surface area contributed by atoms with Gasteiger partial charge in [0.05, 0.1) is 7.11 Å². The first kappa shape index (κ1) is 16.7. The normalized spacial score (nSPS) is 14.1. The van der Waals surface area contributed by atoms with Gasteiger partial charge in [0.15, 0.2) is 8.68 Å². The molecule has 0 aromatic carbocycles. The van der Waals surface area contributed by atoms with E-state index in [0.29, 0.717) is 6.42 Å². The first-order chi connectivity index (χ1) is 8.99. The van der Waals surface area contributed by atoms with Gasteiger partial charge in [0.2, 0.25) is 0 Å². The Balaban J connectivity index is 2.19. The van der Waals surface area contributed by atoms with Crippen molar-refractivity contribution in [2.45, 2.75) is 40.4 Å². The van der Waals surface area contributed by atoms with E-state index in [-0.39, 0.29) is 5.97 Å². The number of methoxy groups -OCH3 is 1. The largest absolute Gasteiger partial charge is 0.468 e. The van der Waals surface area contributed by atoms with Crippen molar-refractivity contribution in [1.82, 2.24) is 10.2 Å². The van der Waals surface area contributed by atoms with Crippen LogP contribution in [0.15, 0.2) is 8.68 Å². The van der Waals surface area contributed by atoms with Crippen LogP contribution in [-0.4, -0.2) is 40.8 Å². The molecule has 1 rings (SSSR count). The minimum Gasteiger partial charge on any atom is -0.468 e. The number of carbonyl (C=O) groups is 1. The molecule has 1 atom stereocenters. The van der Waals surface area contributed by atoms with Gasteiger partial charge in [0, 0.05) is 5.75 Å². The molecule has 0 amide bonds. The van der Waals surface area contributed by atoms with Crippen molar-refractivity contribution in [2.75, 3.05) is 19.1 Å². The standard InChI is InChI=1S/C11H19N3O2S3/c1-11(12,8(15)16-2)6-4-5-7-18-10-14-13-9(17-3)19-10/h4-7,12H2,1-3H3. The van der Waals surface area contributed by atoms with Crippen LogP contribution < -0.4 is 5.73 Å². The van der Waals surface area contributed by atoms with Gasteiger partial charge in [-0.15, -0.1) is 10.2 Å². The fraction of sp³-hybridized carbons (Fsp3) is 0.727. The van der Waals surface area contributed by atoms with Gasteiger partial charge in [-0.2, -0.15) is 0 Å². The zero-order valence-electron chi connectivity index (χ0n) is 11.3. The molecule has 0 saturated heterocycles. The highest BCUT2D eigenvalue weighted by Gasteiger charge is 2.28. The summed E-state index contributed by atoms with van der Waals surface area (Å²) >= 11 is 4.91. The lowest BCUT2D eigenvalue weighted by Crippen LogP contribution is -2.45. The molecular formula is C11H19N3O2S3. The highest BCUT2D eigenvalue weighted by atomic mass is 32.2. The number of carbonyl (C=O) groups excluding carboxylic acids is 1. The van der Waals surface area contributed by atoms with E-state index in [1.807, 2.05) is 6.26 Å². The molecule has 0 spiro atoms. The van der Waals surface area contributed by atoms with Crippen LogP contribution in [0.1, 0.15) is 26.2 Å². The number of hydrogen-bond acceptors (Lipinski definition) is 8. The minimum absolute atomic E-state index is 0.353. The fourth-order valence-corrected chi connectivity index (χ4v) is 3.93. The van der Waals surface area contributed by atoms with E-state index in [1.165, 1.54) is 7.11 Å². The van der Waals surface area contributed by atoms with Crippen molar-refractivity contribution in [3.63, 3.8) is 0 Å². The van der Waals surface area contributed by atoms with E-state index in [4.69, 9.17) is 5.73 Å². The zero-order valence-corrected chi connectivity index (χ0v) is 13.8. The number of rotatable bonds is 8. The third kappa shape index (κ3) is 5.68. The summed E-state index contributed by atoms with van der Waals surface area (Å²) in [5.74, 6) is 0.606. The number of hydrogen-bond donors (Lipinski definition) is 1. The Kier molecular flexibility index (Phi) is 7.12. The summed E-state index contributed by atoms with van der Waals surface area (Å²) in [6.45, 7) is 1.71. The SMILES string of the molecule is COC(=O)C(C)(N)CCCCSc1nnc(SC)s1. The minimum atomic E-state index is -0.881. The molecule has 5 nitrogen and oxygen atoms in total. The topological polar surface area (TPSA) is 78.1 Å². The first-order valence-electron chi connectivity index (χ1n) is 5.87. The maximum Gasteiger partial charge on any atom is 0.325 e. The van der Waals surface area contributed by atoms with Gasteiger partial charge in [0.25, 0.3) is 0 Å². The number of thioether (sulfide) groups is 2. The van der Waals surface area contributed by atoms with E-state index in [2.05, 4.69) is 14.9 Å². The molecule has 1 unspecified atom stereocenters. The summed E-state index contributed by atoms with van der Waals surface area (Å²) < 4.78 is 6.65. The Bertz CT molecular complexity index is 410. The zero-order chi connectivity index (χ0) is 14.3. The van der Waals surface area contributed by atoms with E-state index < -0.39 is 5.54 Å². The summed E-state index contributed by atoms with van der Waals surface area (Å²) in [6.07, 6.45) is 4.50. The summed E-state index contributed by atoms with van der Waals surface area (Å²) in [7, 11) is 1.36. The third-order valence-electron chi connectivity index (χ3n) is 2.53. The van der Waals surface area contributed by atoms with Crippen molar-refractivity contribution in [3.05, 3.63) is 0 Å². The lowest BCUT2D eigenvalue weighted by atomic mass is 9.97. The number of esters is 1. The Hall–Kier alpha value is -0.310. The molecule has 0 fully saturated rings. The predicted octanol–water partition coefficient (Wildman–Crippen LogP) is 2.41. The van der Waals surface area contributed by atoms with E-state index in [1.54, 1.807) is 41.8 Å². The van der Waals surface area contributed by atoms with Gasteiger partial charge in [-0.05, 0) is 26.0 Å². The Morgan fingerprint density at radius 3 is 2.68 bits per heavy atom. The quantitative estimate of drug-likeness (QED) is 0.447. The second-order valence-corrected chi connectivity index (χ2v) is 7.63. The highest BCUT2D eigenvalue weighted by Crippen LogP contribution is 2.28. The Morgan fingerprint density at radius 2 is 2.11 bits per heavy atom. The first-order valence-corrected chi connectivity index (χ1v) is 8.90. The molecule has 0 aliphatic heterocycles. The van der Waals surface area contributed by atoms with Crippen molar-refractivity contribution in [2.24, 2.45) is 5.73 Å². The van der Waals surface area contributed by atoms with Crippen LogP contribution in [0.2, 0.25) is 0 Å². The van der Waals surface area contributed by atoms with Gasteiger partial charge in [0.1, 0.15) is 5.54 Å². The smallest absolute Gasteiger partial charge is 0.325 e. The van der Waals surface area contributed by atoms with Gasteiger partial charge in [-0.1, -0.05) is 41.3 Å². The van der Waals surface area contributed by atoms with E-state index in [9.17, 15) is 4.79 Å². The molecule has 108 valence electrons. The summed E-state index contributed by atoms with van der Waals surface area (Å²) in [5, 5.41) is 8.12. The molecule has 0 aliphatic rings. The number of nitrogens with two attached hydrogens (primary N) is 1. The Labute approximate surface area is 126 Å². The molecule has 0 saturated carbocycles. The maximum atomic E-state index is 11.4. The van der Waals surface area contributed by atoms with E-state index in [0.717, 1.165) is 27.3 Å². The molecule has 0 aliphatic carbocycles. The highest BCUT2D eigenvalue weighted by molar-refractivity contribution is 8.02. The van der Waals surface area contributed by atoms with Crippen LogP contribution in [0.4, 0.5) is 0 Å². The summed E-state index contributed by atoms with van der Waals surface area (Å²) in [5.41, 5.74) is 5.00. The molecule has 0 radical (unpaired) electrons. The average molecular weight is 321 g/mol. The third-order valence-corrected chi connectivity index (χ3v) is 5.65. The molecular weight excluding hydrogens is 302 g/mol. The Morgan fingerprint density at radius 1 is 1.42 bits per heavy atom. The fourth-order valence-electron chi connectivity index (χ4n) is 1.43. The van der Waals surface area contributed by atoms with Crippen molar-refractivity contribution in [3.8, 4) is 0 Å². The van der Waals surface area contributed by atoms with Crippen LogP contribution >= 0.6 is 34.9 Å². The molecule has 0 bridgehead atoms. The second-order valence-electron chi connectivity index (χ2n) is 4.25. The number of aromatic nitrogens is 2. The van der Waals surface area contributed by atoms with Crippen LogP contribution in [0.3, 0.4) is 0 Å². The van der Waals surface area contributed by atoms with Gasteiger partial charge in [-0.25, -0.2) is 0 Å². The van der Waals surface area contributed by atoms with Crippen LogP contribution in [-0.2, 0) is 9.53 Å². The van der Waals surface area contributed by atoms with E-state index >= 15 is 0 Å². The van der Waals surface area contributed by atoms with Crippen molar-refractivity contribution < 1.29 is 9.53 Å². The molecule has 8 heteroatoms. The van der Waals surface area contributed by atoms with Crippen LogP contribution in [0.5, 0.6) is 0 Å². The summed E-state index contributed by atoms with van der Waals surface area (Å²) in [4.78, 5) is 11.4. The number of ether oxygens (including phenoxy) is 1. The van der Waals surface area contributed by atoms with Gasteiger partial charge >= 0.3 is 5.97 Å². The van der Waals surface area contributed by atoms with Crippen molar-refractivity contribution >= 4 is 40.8 Å². The number of unbranched alkanes of at least 4 members (excludes halogenated alkanes) is 1. The number of nitrogens with zero attached hydrogens (tertiary/aromatic N) is 2. The molecule has 1 heterocycles. The lowest BCUT2D eigenvalue weighted by Gasteiger charge is -2.20. The molecule has 19 heavy (non-hydrogen) atoms. The predicted molar refractivity (Wildman–Crippen MR) is 80.9 cm³/mol. The van der Waals surface area contributed by atoms with Crippen LogP contribution in [0, 0.1) is 0 Å². The second kappa shape index (κ2) is 8.08. The molecule has 2 N–H and O–H groups in total. The van der Waals surface area contributed by atoms with Gasteiger partial charge in [-0.3, -0.25) is 4.79 Å². The van der Waals surface area contributed by atoms with Gasteiger partial charge < -0.3 is 10.5 Å². The lowest BCUT2D eigenvalue weighted by molar-refractivity contribution is -0.146. The molecule has 1 aromatic heterocycles. The molecule has 1 aromatic rings. The monoisotopic (exact) mass is 321 g/mol. The van der Waals surface area contributed by atoms with Crippen molar-refractivity contribution in [1.29, 1.82) is 0 Å². The average Bonchev–Trinajstić information content (AvgIpc) is 2.85. The maximum absolute atomic E-state index is 11.4.